The lowest BCUT2D eigenvalue weighted by Crippen LogP contribution is -2.49. The van der Waals surface area contributed by atoms with E-state index in [1.54, 1.807) is 0 Å². The number of aliphatic imine (C=N–C) groups is 1. The van der Waals surface area contributed by atoms with Crippen LogP contribution in [0.2, 0.25) is 0 Å². The van der Waals surface area contributed by atoms with Gasteiger partial charge in [0.1, 0.15) is 0 Å². The van der Waals surface area contributed by atoms with Crippen LogP contribution >= 0.6 is 0 Å². The molecule has 1 aliphatic carbocycles. The van der Waals surface area contributed by atoms with Crippen molar-refractivity contribution in [2.45, 2.75) is 75.8 Å². The van der Waals surface area contributed by atoms with Crippen LogP contribution in [0.4, 0.5) is 0 Å². The summed E-state index contributed by atoms with van der Waals surface area (Å²) in [5, 5.41) is 7.29. The first-order valence-corrected chi connectivity index (χ1v) is 11.9. The summed E-state index contributed by atoms with van der Waals surface area (Å²) < 4.78 is 18.2. The molecule has 0 radical (unpaired) electrons. The lowest BCUT2D eigenvalue weighted by Gasteiger charge is -2.34. The summed E-state index contributed by atoms with van der Waals surface area (Å²) in [5.41, 5.74) is 0. The van der Waals surface area contributed by atoms with E-state index in [0.717, 1.165) is 57.1 Å². The van der Waals surface area contributed by atoms with Crippen LogP contribution in [0.25, 0.3) is 0 Å². The van der Waals surface area contributed by atoms with Crippen LogP contribution in [-0.4, -0.2) is 77.0 Å². The molecule has 2 heterocycles. The number of nitrogens with one attached hydrogen (secondary N) is 2. The minimum Gasteiger partial charge on any atom is -0.373 e. The summed E-state index contributed by atoms with van der Waals surface area (Å²) in [6.45, 7) is 8.75. The molecule has 1 saturated carbocycles. The molecule has 5 atom stereocenters. The zero-order valence-corrected chi connectivity index (χ0v) is 17.2. The Labute approximate surface area is 161 Å². The number of nitrogens with zero attached hydrogens (tertiary/aromatic N) is 2. The average Bonchev–Trinajstić information content (AvgIpc) is 3.13. The van der Waals surface area contributed by atoms with E-state index in [0.29, 0.717) is 23.9 Å². The van der Waals surface area contributed by atoms with Crippen LogP contribution in [0.5, 0.6) is 0 Å². The normalized spacial score (nSPS) is 34.3. The second-order valence-electron chi connectivity index (χ2n) is 7.77. The van der Waals surface area contributed by atoms with E-state index in [1.165, 1.54) is 19.4 Å². The number of morpholine rings is 1. The number of hydrogen-bond acceptors (Lipinski definition) is 4. The molecule has 0 spiro atoms. The van der Waals surface area contributed by atoms with Crippen LogP contribution in [0.3, 0.4) is 0 Å². The molecule has 0 bridgehead atoms. The van der Waals surface area contributed by atoms with Crippen molar-refractivity contribution in [3.05, 3.63) is 0 Å². The first kappa shape index (κ1) is 20.1. The molecule has 7 heteroatoms. The molecular weight excluding hydrogens is 348 g/mol. The number of ether oxygens (including phenoxy) is 1. The van der Waals surface area contributed by atoms with Crippen molar-refractivity contribution in [3.8, 4) is 0 Å². The zero-order chi connectivity index (χ0) is 18.4. The zero-order valence-electron chi connectivity index (χ0n) is 16.4. The third-order valence-corrected chi connectivity index (χ3v) is 7.62. The summed E-state index contributed by atoms with van der Waals surface area (Å²) >= 11 is 0. The standard InChI is InChI=1S/C19H36N4O2S/c1-3-20-19(22-15-7-5-9-18(11-15)26(24)4-2)21-12-17-13-23-10-6-8-16(23)14-25-17/h15-18H,3-14H2,1-2H3,(H2,20,21,22). The highest BCUT2D eigenvalue weighted by Crippen LogP contribution is 2.24. The molecule has 0 aromatic carbocycles. The van der Waals surface area contributed by atoms with Crippen molar-refractivity contribution in [2.24, 2.45) is 4.99 Å². The third-order valence-electron chi connectivity index (χ3n) is 5.88. The second-order valence-corrected chi connectivity index (χ2v) is 9.77. The van der Waals surface area contributed by atoms with Gasteiger partial charge in [0.25, 0.3) is 0 Å². The fraction of sp³-hybridized carbons (Fsp3) is 0.947. The Morgan fingerprint density at radius 3 is 2.96 bits per heavy atom. The van der Waals surface area contributed by atoms with Crippen molar-refractivity contribution < 1.29 is 8.95 Å². The highest BCUT2D eigenvalue weighted by molar-refractivity contribution is 7.85. The molecule has 26 heavy (non-hydrogen) atoms. The summed E-state index contributed by atoms with van der Waals surface area (Å²) in [6.07, 6.45) is 7.15. The van der Waals surface area contributed by atoms with Crippen molar-refractivity contribution in [3.63, 3.8) is 0 Å². The van der Waals surface area contributed by atoms with E-state index < -0.39 is 10.8 Å². The number of hydrogen-bond donors (Lipinski definition) is 2. The summed E-state index contributed by atoms with van der Waals surface area (Å²) in [6, 6.07) is 1.01. The Morgan fingerprint density at radius 1 is 1.27 bits per heavy atom. The highest BCUT2D eigenvalue weighted by atomic mass is 32.2. The van der Waals surface area contributed by atoms with Crippen LogP contribution in [0.15, 0.2) is 4.99 Å². The van der Waals surface area contributed by atoms with Gasteiger partial charge in [0.2, 0.25) is 0 Å². The van der Waals surface area contributed by atoms with Gasteiger partial charge in [-0.25, -0.2) is 0 Å². The smallest absolute Gasteiger partial charge is 0.191 e. The first-order chi connectivity index (χ1) is 12.7. The van der Waals surface area contributed by atoms with E-state index in [-0.39, 0.29) is 6.10 Å². The van der Waals surface area contributed by atoms with Gasteiger partial charge in [0.05, 0.1) is 19.3 Å². The molecule has 3 aliphatic rings. The van der Waals surface area contributed by atoms with Gasteiger partial charge in [-0.15, -0.1) is 0 Å². The van der Waals surface area contributed by atoms with Crippen molar-refractivity contribution in [1.82, 2.24) is 15.5 Å². The fourth-order valence-corrected chi connectivity index (χ4v) is 5.80. The van der Waals surface area contributed by atoms with Gasteiger partial charge >= 0.3 is 0 Å². The van der Waals surface area contributed by atoms with E-state index in [9.17, 15) is 4.21 Å². The largest absolute Gasteiger partial charge is 0.373 e. The van der Waals surface area contributed by atoms with E-state index in [2.05, 4.69) is 22.5 Å². The van der Waals surface area contributed by atoms with Crippen LogP contribution in [0.1, 0.15) is 52.4 Å². The minimum atomic E-state index is -0.689. The maximum absolute atomic E-state index is 12.2. The average molecular weight is 385 g/mol. The molecular formula is C19H36N4O2S. The van der Waals surface area contributed by atoms with Crippen LogP contribution < -0.4 is 10.6 Å². The molecule has 3 rings (SSSR count). The maximum Gasteiger partial charge on any atom is 0.191 e. The minimum absolute atomic E-state index is 0.200. The SMILES string of the molecule is CCNC(=NCC1CN2CCCC2CO1)NC1CCCC(S(=O)CC)C1. The summed E-state index contributed by atoms with van der Waals surface area (Å²) in [5.74, 6) is 1.65. The van der Waals surface area contributed by atoms with Crippen molar-refractivity contribution in [2.75, 3.05) is 38.5 Å². The van der Waals surface area contributed by atoms with Gasteiger partial charge in [-0.1, -0.05) is 13.3 Å². The van der Waals surface area contributed by atoms with Crippen LogP contribution in [-0.2, 0) is 15.5 Å². The number of fused-ring (bicyclic) bond motifs is 1. The topological polar surface area (TPSA) is 66.0 Å². The molecule has 6 nitrogen and oxygen atoms in total. The summed E-state index contributed by atoms with van der Waals surface area (Å²) in [7, 11) is -0.689. The molecule has 2 aliphatic heterocycles. The third kappa shape index (κ3) is 5.42. The Bertz CT molecular complexity index is 502. The Hall–Kier alpha value is -0.660. The molecule has 0 aromatic heterocycles. The maximum atomic E-state index is 12.2. The first-order valence-electron chi connectivity index (χ1n) is 10.5. The van der Waals surface area contributed by atoms with Gasteiger partial charge in [-0.3, -0.25) is 14.1 Å². The fourth-order valence-electron chi connectivity index (χ4n) is 4.45. The number of guanidine groups is 1. The quantitative estimate of drug-likeness (QED) is 0.536. The summed E-state index contributed by atoms with van der Waals surface area (Å²) in [4.78, 5) is 7.37. The lowest BCUT2D eigenvalue weighted by molar-refractivity contribution is -0.0432. The van der Waals surface area contributed by atoms with Crippen molar-refractivity contribution in [1.29, 1.82) is 0 Å². The van der Waals surface area contributed by atoms with E-state index >= 15 is 0 Å². The predicted molar refractivity (Wildman–Crippen MR) is 108 cm³/mol. The van der Waals surface area contributed by atoms with Gasteiger partial charge in [-0.2, -0.15) is 0 Å². The highest BCUT2D eigenvalue weighted by Gasteiger charge is 2.32. The Balaban J connectivity index is 1.51. The van der Waals surface area contributed by atoms with E-state index in [4.69, 9.17) is 9.73 Å². The van der Waals surface area contributed by atoms with Gasteiger partial charge in [0.15, 0.2) is 5.96 Å². The molecule has 150 valence electrons. The molecule has 0 amide bonds. The van der Waals surface area contributed by atoms with Gasteiger partial charge < -0.3 is 15.4 Å². The molecule has 2 saturated heterocycles. The second kappa shape index (κ2) is 10.0. The Morgan fingerprint density at radius 2 is 2.15 bits per heavy atom. The molecule has 0 aromatic rings. The monoisotopic (exact) mass is 384 g/mol. The molecule has 3 fully saturated rings. The lowest BCUT2D eigenvalue weighted by atomic mass is 9.95. The van der Waals surface area contributed by atoms with Crippen LogP contribution in [0, 0.1) is 0 Å². The molecule has 2 N–H and O–H groups in total. The number of rotatable bonds is 6. The predicted octanol–water partition coefficient (Wildman–Crippen LogP) is 1.48. The Kier molecular flexibility index (Phi) is 7.76. The van der Waals surface area contributed by atoms with Crippen molar-refractivity contribution >= 4 is 16.8 Å². The molecule has 5 unspecified atom stereocenters. The van der Waals surface area contributed by atoms with E-state index in [1.807, 2.05) is 6.92 Å². The van der Waals surface area contributed by atoms with Gasteiger partial charge in [-0.05, 0) is 45.6 Å². The van der Waals surface area contributed by atoms with Gasteiger partial charge in [0, 0.05) is 47.0 Å².